The second kappa shape index (κ2) is 14.1. The molecule has 4 aliphatic rings. The number of rotatable bonds is 9. The van der Waals surface area contributed by atoms with Crippen LogP contribution in [0.1, 0.15) is 6.42 Å². The lowest BCUT2D eigenvalue weighted by molar-refractivity contribution is -0.310. The highest BCUT2D eigenvalue weighted by Crippen LogP contribution is 2.34. The SMILES string of the molecule is NC[C@@H]1O[C@H](O[C@H]2[C@@H](O)[C@H](OC3C(O)C(N)CC(N)C3O[C@H]3O[C@H](CO)[C@@H](O)[C@H](O)[C@H]3N)O[C@@H]2CO)[C@H](N)[C@@H](O)[C@@H]1O. The lowest BCUT2D eigenvalue weighted by atomic mass is 9.84. The van der Waals surface area contributed by atoms with Gasteiger partial charge in [-0.05, 0) is 6.42 Å². The first-order valence-electron chi connectivity index (χ1n) is 13.8. The van der Waals surface area contributed by atoms with Crippen LogP contribution in [-0.2, 0) is 28.4 Å². The number of hydrogen-bond acceptors (Lipinski definition) is 19. The zero-order valence-electron chi connectivity index (χ0n) is 22.7. The predicted molar refractivity (Wildman–Crippen MR) is 136 cm³/mol. The van der Waals surface area contributed by atoms with Crippen LogP contribution < -0.4 is 28.7 Å². The highest BCUT2D eigenvalue weighted by molar-refractivity contribution is 5.02. The van der Waals surface area contributed by atoms with Gasteiger partial charge in [-0.2, -0.15) is 0 Å². The van der Waals surface area contributed by atoms with E-state index in [1.54, 1.807) is 0 Å². The molecular weight excluding hydrogens is 570 g/mol. The molecule has 18 N–H and O–H groups in total. The van der Waals surface area contributed by atoms with Gasteiger partial charge in [0, 0.05) is 18.6 Å². The third-order valence-electron chi connectivity index (χ3n) is 8.32. The number of hydrogen-bond donors (Lipinski definition) is 13. The quantitative estimate of drug-likeness (QED) is 0.114. The number of ether oxygens (including phenoxy) is 6. The van der Waals surface area contributed by atoms with Gasteiger partial charge in [0.2, 0.25) is 0 Å². The second-order valence-electron chi connectivity index (χ2n) is 11.2. The third kappa shape index (κ3) is 6.60. The molecule has 3 heterocycles. The molecule has 19 nitrogen and oxygen atoms in total. The summed E-state index contributed by atoms with van der Waals surface area (Å²) in [7, 11) is 0. The minimum Gasteiger partial charge on any atom is -0.394 e. The van der Waals surface area contributed by atoms with Crippen LogP contribution in [0, 0.1) is 0 Å². The molecule has 0 bridgehead atoms. The summed E-state index contributed by atoms with van der Waals surface area (Å²) in [5.74, 6) is 0. The predicted octanol–water partition coefficient (Wildman–Crippen LogP) is -8.86. The van der Waals surface area contributed by atoms with Gasteiger partial charge in [-0.1, -0.05) is 0 Å². The van der Waals surface area contributed by atoms with E-state index >= 15 is 0 Å². The Balaban J connectivity index is 1.50. The normalized spacial score (nSPS) is 53.8. The van der Waals surface area contributed by atoms with Crippen molar-refractivity contribution in [2.75, 3.05) is 19.8 Å². The molecule has 0 aromatic rings. The lowest BCUT2D eigenvalue weighted by Gasteiger charge is -2.47. The Hall–Kier alpha value is -0.760. The summed E-state index contributed by atoms with van der Waals surface area (Å²) < 4.78 is 34.4. The Morgan fingerprint density at radius 1 is 0.524 bits per heavy atom. The first-order chi connectivity index (χ1) is 19.8. The van der Waals surface area contributed by atoms with E-state index in [0.717, 1.165) is 0 Å². The van der Waals surface area contributed by atoms with Gasteiger partial charge >= 0.3 is 0 Å². The summed E-state index contributed by atoms with van der Waals surface area (Å²) in [6.45, 7) is -1.49. The molecule has 0 aromatic carbocycles. The molecule has 1 aliphatic carbocycles. The molecule has 1 saturated carbocycles. The summed E-state index contributed by atoms with van der Waals surface area (Å²) in [4.78, 5) is 0. The molecule has 19 heteroatoms. The van der Waals surface area contributed by atoms with Gasteiger partial charge in [-0.3, -0.25) is 0 Å². The molecule has 246 valence electrons. The van der Waals surface area contributed by atoms with Crippen molar-refractivity contribution in [3.8, 4) is 0 Å². The van der Waals surface area contributed by atoms with E-state index in [-0.39, 0.29) is 13.0 Å². The number of nitrogens with two attached hydrogens (primary N) is 5. The molecule has 3 saturated heterocycles. The van der Waals surface area contributed by atoms with Crippen molar-refractivity contribution >= 4 is 0 Å². The summed E-state index contributed by atoms with van der Waals surface area (Å²) in [5, 5.41) is 82.3. The van der Waals surface area contributed by atoms with Crippen molar-refractivity contribution in [3.05, 3.63) is 0 Å². The maximum absolute atomic E-state index is 11.1. The molecule has 5 unspecified atom stereocenters. The smallest absolute Gasteiger partial charge is 0.187 e. The van der Waals surface area contributed by atoms with Crippen LogP contribution >= 0.6 is 0 Å². The summed E-state index contributed by atoms with van der Waals surface area (Å²) in [5.41, 5.74) is 29.9. The minimum atomic E-state index is -1.62. The van der Waals surface area contributed by atoms with Crippen molar-refractivity contribution in [2.24, 2.45) is 28.7 Å². The second-order valence-corrected chi connectivity index (χ2v) is 11.2. The summed E-state index contributed by atoms with van der Waals surface area (Å²) in [6.07, 6.45) is -20.5. The van der Waals surface area contributed by atoms with E-state index in [0.29, 0.717) is 0 Å². The number of aliphatic hydroxyl groups excluding tert-OH is 8. The van der Waals surface area contributed by atoms with Crippen molar-refractivity contribution in [2.45, 2.75) is 123 Å². The van der Waals surface area contributed by atoms with E-state index in [4.69, 9.17) is 57.1 Å². The van der Waals surface area contributed by atoms with Crippen molar-refractivity contribution in [1.82, 2.24) is 0 Å². The Labute approximate surface area is 240 Å². The van der Waals surface area contributed by atoms with Gasteiger partial charge in [-0.15, -0.1) is 0 Å². The molecule has 4 fully saturated rings. The zero-order valence-corrected chi connectivity index (χ0v) is 22.7. The summed E-state index contributed by atoms with van der Waals surface area (Å²) in [6, 6.07) is -4.30. The maximum Gasteiger partial charge on any atom is 0.187 e. The zero-order chi connectivity index (χ0) is 31.0. The van der Waals surface area contributed by atoms with Crippen LogP contribution in [-0.4, -0.2) is 177 Å². The van der Waals surface area contributed by atoms with Crippen molar-refractivity contribution < 1.29 is 69.3 Å². The Kier molecular flexibility index (Phi) is 11.5. The van der Waals surface area contributed by atoms with Gasteiger partial charge in [0.25, 0.3) is 0 Å². The first kappa shape index (κ1) is 34.1. The largest absolute Gasteiger partial charge is 0.394 e. The number of aliphatic hydroxyl groups is 8. The fourth-order valence-corrected chi connectivity index (χ4v) is 5.70. The van der Waals surface area contributed by atoms with Gasteiger partial charge < -0.3 is 97.9 Å². The fourth-order valence-electron chi connectivity index (χ4n) is 5.70. The standard InChI is InChI=1S/C23H45N5O14/c24-2-7-13(32)15(34)10(27)21(37-7)41-19-9(4-30)39-23(17(19)36)42-20-12(31)5(25)1-6(26)18(20)40-22-11(28)16(35)14(33)8(3-29)38-22/h5-23,29-36H,1-4,24-28H2/t5?,6?,7-,8+,9+,10+,11+,12?,13+,14+,15+,16+,17+,18?,19+,20?,21+,22+,23-/m0/s1. The monoisotopic (exact) mass is 615 g/mol. The van der Waals surface area contributed by atoms with E-state index in [2.05, 4.69) is 0 Å². The van der Waals surface area contributed by atoms with Crippen molar-refractivity contribution in [3.63, 3.8) is 0 Å². The third-order valence-corrected chi connectivity index (χ3v) is 8.32. The highest BCUT2D eigenvalue weighted by Gasteiger charge is 2.54. The van der Waals surface area contributed by atoms with Gasteiger partial charge in [0.15, 0.2) is 18.9 Å². The molecule has 0 spiro atoms. The van der Waals surface area contributed by atoms with Gasteiger partial charge in [-0.25, -0.2) is 0 Å². The van der Waals surface area contributed by atoms with E-state index < -0.39 is 129 Å². The summed E-state index contributed by atoms with van der Waals surface area (Å²) >= 11 is 0. The topological polar surface area (TPSA) is 347 Å². The van der Waals surface area contributed by atoms with Crippen molar-refractivity contribution in [1.29, 1.82) is 0 Å². The Morgan fingerprint density at radius 2 is 1.00 bits per heavy atom. The molecule has 4 rings (SSSR count). The molecule has 42 heavy (non-hydrogen) atoms. The molecule has 3 aliphatic heterocycles. The van der Waals surface area contributed by atoms with E-state index in [9.17, 15) is 40.9 Å². The van der Waals surface area contributed by atoms with Crippen LogP contribution in [0.3, 0.4) is 0 Å². The highest BCUT2D eigenvalue weighted by atomic mass is 16.8. The van der Waals surface area contributed by atoms with E-state index in [1.807, 2.05) is 0 Å². The average molecular weight is 616 g/mol. The fraction of sp³-hybridized carbons (Fsp3) is 1.00. The first-order valence-corrected chi connectivity index (χ1v) is 13.8. The minimum absolute atomic E-state index is 0.0642. The average Bonchev–Trinajstić information content (AvgIpc) is 3.27. The molecule has 0 aromatic heterocycles. The van der Waals surface area contributed by atoms with Crippen LogP contribution in [0.15, 0.2) is 0 Å². The van der Waals surface area contributed by atoms with Gasteiger partial charge in [0.1, 0.15) is 67.1 Å². The Morgan fingerprint density at radius 3 is 1.55 bits per heavy atom. The molecule has 0 radical (unpaired) electrons. The van der Waals surface area contributed by atoms with Crippen LogP contribution in [0.5, 0.6) is 0 Å². The van der Waals surface area contributed by atoms with Crippen LogP contribution in [0.2, 0.25) is 0 Å². The Bertz CT molecular complexity index is 866. The maximum atomic E-state index is 11.1. The van der Waals surface area contributed by atoms with Crippen LogP contribution in [0.25, 0.3) is 0 Å². The molecule has 0 amide bonds. The van der Waals surface area contributed by atoms with Crippen LogP contribution in [0.4, 0.5) is 0 Å². The van der Waals surface area contributed by atoms with E-state index in [1.165, 1.54) is 0 Å². The lowest BCUT2D eigenvalue weighted by Crippen LogP contribution is -2.68. The van der Waals surface area contributed by atoms with Gasteiger partial charge in [0.05, 0.1) is 31.4 Å². The molecular formula is C23H45N5O14. The molecule has 19 atom stereocenters.